The fourth-order valence-corrected chi connectivity index (χ4v) is 2.73. The van der Waals surface area contributed by atoms with Crippen LogP contribution in [0.3, 0.4) is 0 Å². The van der Waals surface area contributed by atoms with E-state index in [1.807, 2.05) is 19.1 Å². The van der Waals surface area contributed by atoms with Crippen molar-refractivity contribution in [2.24, 2.45) is 0 Å². The molecular formula is C20H21Cl2N3O4. The van der Waals surface area contributed by atoms with Gasteiger partial charge in [-0.05, 0) is 49.7 Å². The van der Waals surface area contributed by atoms with E-state index in [1.54, 1.807) is 31.2 Å². The Morgan fingerprint density at radius 2 is 1.72 bits per heavy atom. The monoisotopic (exact) mass is 437 g/mol. The number of nitrogens with one attached hydrogen (secondary N) is 3. The summed E-state index contributed by atoms with van der Waals surface area (Å²) in [5.74, 6) is -0.876. The molecule has 0 heterocycles. The molecule has 2 rings (SSSR count). The Labute approximate surface area is 178 Å². The van der Waals surface area contributed by atoms with Crippen molar-refractivity contribution in [1.29, 1.82) is 0 Å². The Kier molecular flexibility index (Phi) is 8.30. The molecule has 0 aliphatic heterocycles. The van der Waals surface area contributed by atoms with Gasteiger partial charge in [-0.25, -0.2) is 0 Å². The van der Waals surface area contributed by atoms with Gasteiger partial charge in [0, 0.05) is 17.9 Å². The van der Waals surface area contributed by atoms with Gasteiger partial charge < -0.3 is 10.1 Å². The minimum atomic E-state index is -0.813. The molecule has 0 bridgehead atoms. The van der Waals surface area contributed by atoms with Gasteiger partial charge in [0.15, 0.2) is 6.10 Å². The number of carbonyl (C=O) groups excluding carboxylic acids is 3. The molecule has 1 atom stereocenters. The van der Waals surface area contributed by atoms with E-state index in [0.29, 0.717) is 21.5 Å². The third-order valence-electron chi connectivity index (χ3n) is 3.78. The molecule has 29 heavy (non-hydrogen) atoms. The lowest BCUT2D eigenvalue weighted by molar-refractivity contribution is -0.133. The fraction of sp³-hybridized carbons (Fsp3) is 0.250. The van der Waals surface area contributed by atoms with Gasteiger partial charge in [-0.1, -0.05) is 35.3 Å². The predicted molar refractivity (Wildman–Crippen MR) is 112 cm³/mol. The maximum absolute atomic E-state index is 12.0. The molecule has 0 spiro atoms. The maximum Gasteiger partial charge on any atom is 0.279 e. The van der Waals surface area contributed by atoms with Gasteiger partial charge in [0.1, 0.15) is 5.75 Å². The van der Waals surface area contributed by atoms with E-state index in [9.17, 15) is 14.4 Å². The number of hydrogen-bond acceptors (Lipinski definition) is 4. The highest BCUT2D eigenvalue weighted by atomic mass is 35.5. The Hall–Kier alpha value is -2.77. The average molecular weight is 438 g/mol. The van der Waals surface area contributed by atoms with Crippen LogP contribution in [0, 0.1) is 6.92 Å². The van der Waals surface area contributed by atoms with Gasteiger partial charge in [-0.2, -0.15) is 0 Å². The second-order valence-corrected chi connectivity index (χ2v) is 7.13. The second-order valence-electron chi connectivity index (χ2n) is 6.29. The largest absolute Gasteiger partial charge is 0.481 e. The first kappa shape index (κ1) is 22.5. The van der Waals surface area contributed by atoms with E-state index in [1.165, 1.54) is 6.07 Å². The number of benzene rings is 2. The van der Waals surface area contributed by atoms with Crippen LogP contribution < -0.4 is 20.9 Å². The molecule has 0 saturated carbocycles. The standard InChI is InChI=1S/C20H21Cl2N3O4/c1-12-4-3-5-15(10-12)29-13(2)20(28)25-24-19(27)9-8-18(26)23-17-7-6-14(21)11-16(17)22/h3-7,10-11,13H,8-9H2,1-2H3,(H,23,26)(H,24,27)(H,25,28). The van der Waals surface area contributed by atoms with Crippen molar-refractivity contribution < 1.29 is 19.1 Å². The highest BCUT2D eigenvalue weighted by Crippen LogP contribution is 2.25. The van der Waals surface area contributed by atoms with Crippen LogP contribution in [0.25, 0.3) is 0 Å². The molecule has 0 radical (unpaired) electrons. The molecule has 0 saturated heterocycles. The number of carbonyl (C=O) groups is 3. The molecule has 0 fully saturated rings. The van der Waals surface area contributed by atoms with Crippen LogP contribution in [-0.2, 0) is 14.4 Å². The zero-order valence-electron chi connectivity index (χ0n) is 15.9. The normalized spacial score (nSPS) is 11.3. The van der Waals surface area contributed by atoms with Crippen molar-refractivity contribution in [2.75, 3.05) is 5.32 Å². The number of amides is 3. The lowest BCUT2D eigenvalue weighted by atomic mass is 10.2. The Morgan fingerprint density at radius 3 is 2.41 bits per heavy atom. The van der Waals surface area contributed by atoms with Crippen molar-refractivity contribution in [3.63, 3.8) is 0 Å². The van der Waals surface area contributed by atoms with Crippen molar-refractivity contribution in [1.82, 2.24) is 10.9 Å². The molecule has 2 aromatic rings. The molecule has 9 heteroatoms. The maximum atomic E-state index is 12.0. The highest BCUT2D eigenvalue weighted by molar-refractivity contribution is 6.36. The number of ether oxygens (including phenoxy) is 1. The average Bonchev–Trinajstić information content (AvgIpc) is 2.66. The van der Waals surface area contributed by atoms with Gasteiger partial charge >= 0.3 is 0 Å². The molecule has 0 aliphatic rings. The highest BCUT2D eigenvalue weighted by Gasteiger charge is 2.16. The summed E-state index contributed by atoms with van der Waals surface area (Å²) >= 11 is 11.8. The summed E-state index contributed by atoms with van der Waals surface area (Å²) in [4.78, 5) is 35.8. The van der Waals surface area contributed by atoms with Crippen molar-refractivity contribution in [3.05, 3.63) is 58.1 Å². The molecule has 2 aromatic carbocycles. The smallest absolute Gasteiger partial charge is 0.279 e. The van der Waals surface area contributed by atoms with E-state index in [2.05, 4.69) is 16.2 Å². The summed E-state index contributed by atoms with van der Waals surface area (Å²) in [5.41, 5.74) is 5.93. The Morgan fingerprint density at radius 1 is 1.00 bits per heavy atom. The first-order chi connectivity index (χ1) is 13.7. The molecule has 0 aromatic heterocycles. The summed E-state index contributed by atoms with van der Waals surface area (Å²) in [6.07, 6.45) is -1.02. The van der Waals surface area contributed by atoms with Crippen LogP contribution in [0.1, 0.15) is 25.3 Å². The number of hydrazine groups is 1. The third-order valence-corrected chi connectivity index (χ3v) is 4.33. The molecule has 3 N–H and O–H groups in total. The number of rotatable bonds is 7. The number of hydrogen-bond donors (Lipinski definition) is 3. The van der Waals surface area contributed by atoms with Gasteiger partial charge in [-0.3, -0.25) is 25.2 Å². The zero-order valence-corrected chi connectivity index (χ0v) is 17.4. The van der Waals surface area contributed by atoms with Crippen molar-refractivity contribution in [3.8, 4) is 5.75 Å². The third kappa shape index (κ3) is 7.63. The van der Waals surface area contributed by atoms with E-state index in [4.69, 9.17) is 27.9 Å². The summed E-state index contributed by atoms with van der Waals surface area (Å²) < 4.78 is 5.52. The van der Waals surface area contributed by atoms with Crippen LogP contribution in [0.2, 0.25) is 10.0 Å². The lowest BCUT2D eigenvalue weighted by Gasteiger charge is -2.15. The van der Waals surface area contributed by atoms with Gasteiger partial charge in [-0.15, -0.1) is 0 Å². The minimum Gasteiger partial charge on any atom is -0.481 e. The van der Waals surface area contributed by atoms with Gasteiger partial charge in [0.25, 0.3) is 5.91 Å². The fourth-order valence-electron chi connectivity index (χ4n) is 2.27. The van der Waals surface area contributed by atoms with Crippen molar-refractivity contribution in [2.45, 2.75) is 32.8 Å². The van der Waals surface area contributed by atoms with Crippen LogP contribution in [0.4, 0.5) is 5.69 Å². The Bertz CT molecular complexity index is 905. The summed E-state index contributed by atoms with van der Waals surface area (Å²) in [6, 6.07) is 11.9. The van der Waals surface area contributed by atoms with Crippen LogP contribution >= 0.6 is 23.2 Å². The molecular weight excluding hydrogens is 417 g/mol. The first-order valence-corrected chi connectivity index (χ1v) is 9.57. The van der Waals surface area contributed by atoms with Gasteiger partial charge in [0.05, 0.1) is 10.7 Å². The predicted octanol–water partition coefficient (Wildman–Crippen LogP) is 3.64. The lowest BCUT2D eigenvalue weighted by Crippen LogP contribution is -2.47. The number of aryl methyl sites for hydroxylation is 1. The van der Waals surface area contributed by atoms with Crippen LogP contribution in [0.15, 0.2) is 42.5 Å². The summed E-state index contributed by atoms with van der Waals surface area (Å²) in [6.45, 7) is 3.47. The summed E-state index contributed by atoms with van der Waals surface area (Å²) in [7, 11) is 0. The Balaban J connectivity index is 1.71. The van der Waals surface area contributed by atoms with Crippen LogP contribution in [-0.4, -0.2) is 23.8 Å². The summed E-state index contributed by atoms with van der Waals surface area (Å²) in [5, 5.41) is 3.34. The van der Waals surface area contributed by atoms with Crippen molar-refractivity contribution >= 4 is 46.6 Å². The molecule has 154 valence electrons. The number of halogens is 2. The van der Waals surface area contributed by atoms with E-state index in [-0.39, 0.29) is 12.8 Å². The van der Waals surface area contributed by atoms with Crippen LogP contribution in [0.5, 0.6) is 5.75 Å². The first-order valence-electron chi connectivity index (χ1n) is 8.81. The van der Waals surface area contributed by atoms with Gasteiger partial charge in [0.2, 0.25) is 11.8 Å². The quantitative estimate of drug-likeness (QED) is 0.576. The van der Waals surface area contributed by atoms with E-state index in [0.717, 1.165) is 5.56 Å². The topological polar surface area (TPSA) is 96.5 Å². The SMILES string of the molecule is Cc1cccc(OC(C)C(=O)NNC(=O)CCC(=O)Nc2ccc(Cl)cc2Cl)c1. The molecule has 3 amide bonds. The zero-order chi connectivity index (χ0) is 21.4. The number of anilines is 1. The molecule has 7 nitrogen and oxygen atoms in total. The molecule has 0 aliphatic carbocycles. The molecule has 1 unspecified atom stereocenters. The second kappa shape index (κ2) is 10.7. The van der Waals surface area contributed by atoms with E-state index < -0.39 is 23.8 Å². The van der Waals surface area contributed by atoms with E-state index >= 15 is 0 Å². The minimum absolute atomic E-state index is 0.0873.